The number of nitrogens with two attached hydrogens (primary N) is 1. The van der Waals surface area contributed by atoms with Crippen molar-refractivity contribution >= 4 is 17.2 Å². The van der Waals surface area contributed by atoms with Gasteiger partial charge < -0.3 is 10.6 Å². The molecule has 0 amide bonds. The molecule has 1 aromatic carbocycles. The predicted octanol–water partition coefficient (Wildman–Crippen LogP) is 2.46. The minimum atomic E-state index is -0.0525. The van der Waals surface area contributed by atoms with Crippen LogP contribution >= 0.6 is 0 Å². The second kappa shape index (κ2) is 6.06. The lowest BCUT2D eigenvalue weighted by Crippen LogP contribution is -2.27. The lowest BCUT2D eigenvalue weighted by atomic mass is 10.1. The van der Waals surface area contributed by atoms with Crippen LogP contribution in [0.15, 0.2) is 18.2 Å². The molecule has 18 heavy (non-hydrogen) atoms. The van der Waals surface area contributed by atoms with E-state index in [0.717, 1.165) is 12.2 Å². The smallest absolute Gasteiger partial charge is 0.161 e. The Kier molecular flexibility index (Phi) is 4.73. The van der Waals surface area contributed by atoms with Crippen molar-refractivity contribution in [3.05, 3.63) is 23.8 Å². The minimum Gasteiger partial charge on any atom is -0.398 e. The van der Waals surface area contributed by atoms with Crippen molar-refractivity contribution in [1.82, 2.24) is 0 Å². The fraction of sp³-hybridized carbons (Fsp3) is 0.429. The lowest BCUT2D eigenvalue weighted by molar-refractivity contribution is 0.101. The summed E-state index contributed by atoms with van der Waals surface area (Å²) in [6.45, 7) is 6.84. The minimum absolute atomic E-state index is 0.0428. The molecule has 96 valence electrons. The third-order valence-corrected chi connectivity index (χ3v) is 2.88. The Morgan fingerprint density at radius 3 is 2.72 bits per heavy atom. The Bertz CT molecular complexity index is 476. The van der Waals surface area contributed by atoms with Gasteiger partial charge in [0.1, 0.15) is 0 Å². The number of hydrogen-bond donors (Lipinski definition) is 1. The van der Waals surface area contributed by atoms with Crippen molar-refractivity contribution in [3.8, 4) is 6.07 Å². The first-order valence-electron chi connectivity index (χ1n) is 6.04. The highest BCUT2D eigenvalue weighted by Gasteiger charge is 2.12. The van der Waals surface area contributed by atoms with Gasteiger partial charge >= 0.3 is 0 Å². The molecule has 0 spiro atoms. The topological polar surface area (TPSA) is 70.1 Å². The molecule has 0 saturated heterocycles. The van der Waals surface area contributed by atoms with Crippen LogP contribution in [0.2, 0.25) is 0 Å². The third kappa shape index (κ3) is 3.24. The summed E-state index contributed by atoms with van der Waals surface area (Å²) in [4.78, 5) is 13.5. The number of nitriles is 1. The van der Waals surface area contributed by atoms with E-state index >= 15 is 0 Å². The predicted molar refractivity (Wildman–Crippen MR) is 73.5 cm³/mol. The molecule has 0 heterocycles. The van der Waals surface area contributed by atoms with Gasteiger partial charge in [-0.1, -0.05) is 0 Å². The summed E-state index contributed by atoms with van der Waals surface area (Å²) < 4.78 is 0. The second-order valence-electron chi connectivity index (χ2n) is 4.40. The third-order valence-electron chi connectivity index (χ3n) is 2.88. The van der Waals surface area contributed by atoms with Crippen LogP contribution in [-0.2, 0) is 0 Å². The Balaban J connectivity index is 3.04. The molecular weight excluding hydrogens is 226 g/mol. The quantitative estimate of drug-likeness (QED) is 0.639. The zero-order valence-corrected chi connectivity index (χ0v) is 11.1. The normalized spacial score (nSPS) is 11.7. The van der Waals surface area contributed by atoms with Gasteiger partial charge in [0, 0.05) is 30.0 Å². The molecule has 1 aromatic rings. The number of nitrogens with zero attached hydrogens (tertiary/aromatic N) is 2. The maximum absolute atomic E-state index is 11.5. The van der Waals surface area contributed by atoms with Crippen LogP contribution in [0.3, 0.4) is 0 Å². The molecule has 0 saturated carbocycles. The number of anilines is 2. The van der Waals surface area contributed by atoms with E-state index in [1.54, 1.807) is 12.1 Å². The van der Waals surface area contributed by atoms with Crippen molar-refractivity contribution in [2.75, 3.05) is 23.7 Å². The SMILES string of the molecule is CCN(CC(C)C#N)c1ccc(N)c(C(C)=O)c1. The van der Waals surface area contributed by atoms with Crippen molar-refractivity contribution in [2.45, 2.75) is 20.8 Å². The first kappa shape index (κ1) is 14.0. The molecule has 1 rings (SSSR count). The Labute approximate surface area is 108 Å². The molecule has 1 atom stereocenters. The number of rotatable bonds is 5. The monoisotopic (exact) mass is 245 g/mol. The van der Waals surface area contributed by atoms with Crippen molar-refractivity contribution < 1.29 is 4.79 Å². The van der Waals surface area contributed by atoms with Crippen molar-refractivity contribution in [1.29, 1.82) is 5.26 Å². The van der Waals surface area contributed by atoms with Crippen LogP contribution in [-0.4, -0.2) is 18.9 Å². The molecule has 4 heteroatoms. The molecule has 0 aliphatic heterocycles. The van der Waals surface area contributed by atoms with Crippen LogP contribution in [0.4, 0.5) is 11.4 Å². The summed E-state index contributed by atoms with van der Waals surface area (Å²) in [7, 11) is 0. The van der Waals surface area contributed by atoms with Crippen LogP contribution in [0, 0.1) is 17.2 Å². The highest BCUT2D eigenvalue weighted by Crippen LogP contribution is 2.22. The van der Waals surface area contributed by atoms with E-state index in [0.29, 0.717) is 17.8 Å². The molecule has 0 fully saturated rings. The summed E-state index contributed by atoms with van der Waals surface area (Å²) in [6.07, 6.45) is 0. The molecule has 0 bridgehead atoms. The molecule has 4 nitrogen and oxygen atoms in total. The Morgan fingerprint density at radius 2 is 2.22 bits per heavy atom. The van der Waals surface area contributed by atoms with Gasteiger partial charge in [-0.25, -0.2) is 0 Å². The maximum Gasteiger partial charge on any atom is 0.161 e. The summed E-state index contributed by atoms with van der Waals surface area (Å²) in [6, 6.07) is 7.64. The largest absolute Gasteiger partial charge is 0.398 e. The van der Waals surface area contributed by atoms with E-state index < -0.39 is 0 Å². The maximum atomic E-state index is 11.5. The second-order valence-corrected chi connectivity index (χ2v) is 4.40. The highest BCUT2D eigenvalue weighted by molar-refractivity contribution is 6.00. The number of benzene rings is 1. The van der Waals surface area contributed by atoms with Gasteiger partial charge in [-0.3, -0.25) is 4.79 Å². The summed E-state index contributed by atoms with van der Waals surface area (Å²) in [5.74, 6) is -0.0954. The fourth-order valence-corrected chi connectivity index (χ4v) is 1.83. The zero-order chi connectivity index (χ0) is 13.7. The summed E-state index contributed by atoms with van der Waals surface area (Å²) in [5, 5.41) is 8.86. The standard InChI is InChI=1S/C14H19N3O/c1-4-17(9-10(2)8-15)12-5-6-14(16)13(7-12)11(3)18/h5-7,10H,4,9,16H2,1-3H3. The number of ketones is 1. The Morgan fingerprint density at radius 1 is 1.56 bits per heavy atom. The van der Waals surface area contributed by atoms with Gasteiger partial charge in [-0.2, -0.15) is 5.26 Å². The highest BCUT2D eigenvalue weighted by atomic mass is 16.1. The van der Waals surface area contributed by atoms with Gasteiger partial charge in [0.15, 0.2) is 5.78 Å². The van der Waals surface area contributed by atoms with E-state index in [1.807, 2.05) is 19.9 Å². The van der Waals surface area contributed by atoms with Crippen LogP contribution in [0.5, 0.6) is 0 Å². The fourth-order valence-electron chi connectivity index (χ4n) is 1.83. The molecule has 0 aromatic heterocycles. The van der Waals surface area contributed by atoms with Gasteiger partial charge in [0.25, 0.3) is 0 Å². The Hall–Kier alpha value is -2.02. The first-order valence-corrected chi connectivity index (χ1v) is 6.04. The zero-order valence-electron chi connectivity index (χ0n) is 11.1. The first-order chi connectivity index (χ1) is 8.49. The number of carbonyl (C=O) groups excluding carboxylic acids is 1. The average molecular weight is 245 g/mol. The van der Waals surface area contributed by atoms with Gasteiger partial charge in [-0.05, 0) is 39.0 Å². The van der Waals surface area contributed by atoms with Gasteiger partial charge in [-0.15, -0.1) is 0 Å². The van der Waals surface area contributed by atoms with Crippen LogP contribution in [0.1, 0.15) is 31.1 Å². The van der Waals surface area contributed by atoms with Crippen LogP contribution in [0.25, 0.3) is 0 Å². The lowest BCUT2D eigenvalue weighted by Gasteiger charge is -2.24. The van der Waals surface area contributed by atoms with Gasteiger partial charge in [0.05, 0.1) is 12.0 Å². The van der Waals surface area contributed by atoms with Gasteiger partial charge in [0.2, 0.25) is 0 Å². The molecular formula is C14H19N3O. The number of nitrogen functional groups attached to an aromatic ring is 1. The molecule has 0 aliphatic carbocycles. The van der Waals surface area contributed by atoms with E-state index in [4.69, 9.17) is 11.0 Å². The van der Waals surface area contributed by atoms with E-state index in [1.165, 1.54) is 6.92 Å². The van der Waals surface area contributed by atoms with Crippen molar-refractivity contribution in [2.24, 2.45) is 5.92 Å². The summed E-state index contributed by atoms with van der Waals surface area (Å²) >= 11 is 0. The molecule has 2 N–H and O–H groups in total. The van der Waals surface area contributed by atoms with E-state index in [-0.39, 0.29) is 11.7 Å². The molecule has 0 aliphatic rings. The van der Waals surface area contributed by atoms with E-state index in [9.17, 15) is 4.79 Å². The number of hydrogen-bond acceptors (Lipinski definition) is 4. The van der Waals surface area contributed by atoms with E-state index in [2.05, 4.69) is 11.0 Å². The molecule has 0 radical (unpaired) electrons. The molecule has 1 unspecified atom stereocenters. The number of Topliss-reactive ketones (excluding diaryl/α,β-unsaturated/α-hetero) is 1. The average Bonchev–Trinajstić information content (AvgIpc) is 2.36. The van der Waals surface area contributed by atoms with Crippen molar-refractivity contribution in [3.63, 3.8) is 0 Å². The number of carbonyl (C=O) groups is 1. The van der Waals surface area contributed by atoms with Crippen LogP contribution < -0.4 is 10.6 Å². The summed E-state index contributed by atoms with van der Waals surface area (Å²) in [5.41, 5.74) is 7.73.